The fraction of sp³-hybridized carbons (Fsp3) is 0.643. The van der Waals surface area contributed by atoms with E-state index in [0.717, 1.165) is 12.8 Å². The first-order valence-corrected chi connectivity index (χ1v) is 5.90. The maximum atomic E-state index is 10.9. The first-order chi connectivity index (χ1) is 7.30. The Bertz CT molecular complexity index is 378. The Balaban J connectivity index is 2.28. The van der Waals surface area contributed by atoms with Gasteiger partial charge >= 0.3 is 5.97 Å². The number of aliphatic carboxylic acids is 1. The summed E-state index contributed by atoms with van der Waals surface area (Å²) >= 11 is 0. The Morgan fingerprint density at radius 2 is 2.19 bits per heavy atom. The molecule has 0 saturated heterocycles. The Labute approximate surface area is 97.0 Å². The second-order valence-corrected chi connectivity index (χ2v) is 5.96. The van der Waals surface area contributed by atoms with Crippen molar-refractivity contribution in [3.63, 3.8) is 0 Å². The minimum Gasteiger partial charge on any atom is -0.478 e. The molecule has 2 heteroatoms. The standard InChI is InChI=1S/C14H20O2/c1-9(12(15)16)7-14-6-5-11(8-14)10(2)13(14,3)4/h11H,1-2,5-8H2,3-4H3,(H,15,16). The summed E-state index contributed by atoms with van der Waals surface area (Å²) in [5, 5.41) is 8.98. The van der Waals surface area contributed by atoms with Crippen LogP contribution in [0.5, 0.6) is 0 Å². The van der Waals surface area contributed by atoms with Gasteiger partial charge in [-0.15, -0.1) is 0 Å². The largest absolute Gasteiger partial charge is 0.478 e. The van der Waals surface area contributed by atoms with Gasteiger partial charge in [0.05, 0.1) is 0 Å². The fourth-order valence-corrected chi connectivity index (χ4v) is 3.71. The van der Waals surface area contributed by atoms with Crippen molar-refractivity contribution in [1.29, 1.82) is 0 Å². The molecular formula is C14H20O2. The lowest BCUT2D eigenvalue weighted by molar-refractivity contribution is -0.133. The van der Waals surface area contributed by atoms with Gasteiger partial charge < -0.3 is 5.11 Å². The van der Waals surface area contributed by atoms with Crippen LogP contribution < -0.4 is 0 Å². The van der Waals surface area contributed by atoms with Gasteiger partial charge in [0.1, 0.15) is 0 Å². The van der Waals surface area contributed by atoms with Crippen LogP contribution in [0.25, 0.3) is 0 Å². The van der Waals surface area contributed by atoms with Crippen molar-refractivity contribution in [2.24, 2.45) is 16.7 Å². The fourth-order valence-electron chi connectivity index (χ4n) is 3.71. The summed E-state index contributed by atoms with van der Waals surface area (Å²) in [6, 6.07) is 0. The van der Waals surface area contributed by atoms with Crippen LogP contribution in [0.1, 0.15) is 39.5 Å². The second-order valence-electron chi connectivity index (χ2n) is 5.96. The monoisotopic (exact) mass is 220 g/mol. The summed E-state index contributed by atoms with van der Waals surface area (Å²) in [6.45, 7) is 12.3. The van der Waals surface area contributed by atoms with E-state index >= 15 is 0 Å². The van der Waals surface area contributed by atoms with Crippen LogP contribution >= 0.6 is 0 Å². The number of rotatable bonds is 3. The normalized spacial score (nSPS) is 35.4. The van der Waals surface area contributed by atoms with Crippen LogP contribution in [0.15, 0.2) is 24.3 Å². The topological polar surface area (TPSA) is 37.3 Å². The average molecular weight is 220 g/mol. The van der Waals surface area contributed by atoms with Gasteiger partial charge in [-0.25, -0.2) is 4.79 Å². The third-order valence-electron chi connectivity index (χ3n) is 5.08. The summed E-state index contributed by atoms with van der Waals surface area (Å²) in [7, 11) is 0. The molecule has 0 aromatic heterocycles. The van der Waals surface area contributed by atoms with E-state index in [2.05, 4.69) is 27.0 Å². The lowest BCUT2D eigenvalue weighted by atomic mass is 9.61. The number of hydrogen-bond acceptors (Lipinski definition) is 1. The second kappa shape index (κ2) is 3.22. The predicted molar refractivity (Wildman–Crippen MR) is 64.1 cm³/mol. The zero-order chi connectivity index (χ0) is 12.1. The molecule has 0 radical (unpaired) electrons. The molecule has 0 amide bonds. The van der Waals surface area contributed by atoms with Crippen molar-refractivity contribution >= 4 is 5.97 Å². The molecule has 0 aliphatic heterocycles. The van der Waals surface area contributed by atoms with E-state index in [-0.39, 0.29) is 10.8 Å². The lowest BCUT2D eigenvalue weighted by Gasteiger charge is -2.43. The molecule has 0 spiro atoms. The van der Waals surface area contributed by atoms with Crippen molar-refractivity contribution in [2.75, 3.05) is 0 Å². The maximum absolute atomic E-state index is 10.9. The summed E-state index contributed by atoms with van der Waals surface area (Å²) in [4.78, 5) is 10.9. The van der Waals surface area contributed by atoms with Crippen LogP contribution in [0.2, 0.25) is 0 Å². The molecule has 2 bridgehead atoms. The molecule has 2 aliphatic rings. The van der Waals surface area contributed by atoms with Gasteiger partial charge in [0, 0.05) is 5.57 Å². The highest BCUT2D eigenvalue weighted by Crippen LogP contribution is 2.68. The van der Waals surface area contributed by atoms with E-state index in [1.165, 1.54) is 12.0 Å². The van der Waals surface area contributed by atoms with Crippen LogP contribution in [0.4, 0.5) is 0 Å². The molecule has 2 atom stereocenters. The number of allylic oxidation sites excluding steroid dienone is 1. The molecule has 0 aromatic rings. The number of hydrogen-bond donors (Lipinski definition) is 1. The summed E-state index contributed by atoms with van der Waals surface area (Å²) in [6.07, 6.45) is 4.02. The highest BCUT2D eigenvalue weighted by atomic mass is 16.4. The van der Waals surface area contributed by atoms with E-state index in [1.807, 2.05) is 0 Å². The Morgan fingerprint density at radius 1 is 1.56 bits per heavy atom. The van der Waals surface area contributed by atoms with Crippen LogP contribution in [-0.4, -0.2) is 11.1 Å². The molecule has 16 heavy (non-hydrogen) atoms. The molecule has 0 heterocycles. The van der Waals surface area contributed by atoms with Crippen LogP contribution in [0.3, 0.4) is 0 Å². The van der Waals surface area contributed by atoms with Crippen LogP contribution in [0, 0.1) is 16.7 Å². The minimum absolute atomic E-state index is 0.0638. The van der Waals surface area contributed by atoms with Gasteiger partial charge in [-0.1, -0.05) is 32.6 Å². The minimum atomic E-state index is -0.855. The van der Waals surface area contributed by atoms with E-state index < -0.39 is 5.97 Å². The van der Waals surface area contributed by atoms with Gasteiger partial charge in [0.25, 0.3) is 0 Å². The lowest BCUT2D eigenvalue weighted by Crippen LogP contribution is -2.35. The molecule has 2 saturated carbocycles. The number of carbonyl (C=O) groups is 1. The van der Waals surface area contributed by atoms with E-state index in [0.29, 0.717) is 17.9 Å². The SMILES string of the molecule is C=C(CC12CCC(C1)C(=C)C2(C)C)C(=O)O. The average Bonchev–Trinajstić information content (AvgIpc) is 2.67. The first-order valence-electron chi connectivity index (χ1n) is 5.90. The molecule has 88 valence electrons. The summed E-state index contributed by atoms with van der Waals surface area (Å²) < 4.78 is 0. The Kier molecular flexibility index (Phi) is 2.30. The molecule has 2 nitrogen and oxygen atoms in total. The van der Waals surface area contributed by atoms with E-state index in [9.17, 15) is 4.79 Å². The third kappa shape index (κ3) is 1.28. The zero-order valence-corrected chi connectivity index (χ0v) is 10.2. The molecule has 1 N–H and O–H groups in total. The first kappa shape index (κ1) is 11.4. The van der Waals surface area contributed by atoms with Crippen molar-refractivity contribution < 1.29 is 9.90 Å². The molecule has 2 aliphatic carbocycles. The molecule has 2 fully saturated rings. The Hall–Kier alpha value is -1.05. The van der Waals surface area contributed by atoms with Crippen molar-refractivity contribution in [3.8, 4) is 0 Å². The van der Waals surface area contributed by atoms with Gasteiger partial charge in [-0.05, 0) is 42.4 Å². The smallest absolute Gasteiger partial charge is 0.330 e. The highest BCUT2D eigenvalue weighted by molar-refractivity contribution is 5.85. The van der Waals surface area contributed by atoms with E-state index in [4.69, 9.17) is 5.11 Å². The van der Waals surface area contributed by atoms with Crippen molar-refractivity contribution in [3.05, 3.63) is 24.3 Å². The maximum Gasteiger partial charge on any atom is 0.330 e. The Morgan fingerprint density at radius 3 is 2.62 bits per heavy atom. The quantitative estimate of drug-likeness (QED) is 0.584. The summed E-state index contributed by atoms with van der Waals surface area (Å²) in [5.41, 5.74) is 1.83. The number of carboxylic acid groups (broad SMARTS) is 1. The summed E-state index contributed by atoms with van der Waals surface area (Å²) in [5.74, 6) is -0.247. The van der Waals surface area contributed by atoms with E-state index in [1.54, 1.807) is 0 Å². The number of fused-ring (bicyclic) bond motifs is 2. The third-order valence-corrected chi connectivity index (χ3v) is 5.08. The molecule has 0 aromatic carbocycles. The molecular weight excluding hydrogens is 200 g/mol. The zero-order valence-electron chi connectivity index (χ0n) is 10.2. The molecule has 2 rings (SSSR count). The molecule has 2 unspecified atom stereocenters. The highest BCUT2D eigenvalue weighted by Gasteiger charge is 2.58. The van der Waals surface area contributed by atoms with Gasteiger partial charge in [-0.2, -0.15) is 0 Å². The van der Waals surface area contributed by atoms with Gasteiger partial charge in [-0.3, -0.25) is 0 Å². The van der Waals surface area contributed by atoms with Gasteiger partial charge in [0.15, 0.2) is 0 Å². The predicted octanol–water partition coefficient (Wildman–Crippen LogP) is 3.40. The number of carboxylic acids is 1. The van der Waals surface area contributed by atoms with Crippen LogP contribution in [-0.2, 0) is 4.79 Å². The van der Waals surface area contributed by atoms with Crippen molar-refractivity contribution in [2.45, 2.75) is 39.5 Å². The van der Waals surface area contributed by atoms with Crippen molar-refractivity contribution in [1.82, 2.24) is 0 Å². The van der Waals surface area contributed by atoms with Gasteiger partial charge in [0.2, 0.25) is 0 Å².